The summed E-state index contributed by atoms with van der Waals surface area (Å²) in [6.07, 6.45) is 2.56. The second-order valence-electron chi connectivity index (χ2n) is 8.10. The monoisotopic (exact) mass is 319 g/mol. The maximum atomic E-state index is 2.85. The quantitative estimate of drug-likeness (QED) is 0.753. The summed E-state index contributed by atoms with van der Waals surface area (Å²) >= 11 is 0. The van der Waals surface area contributed by atoms with Gasteiger partial charge in [-0.25, -0.2) is 0 Å². The fraction of sp³-hybridized carbons (Fsp3) is 0.500. The van der Waals surface area contributed by atoms with Gasteiger partial charge in [0.1, 0.15) is 0 Å². The van der Waals surface area contributed by atoms with Crippen LogP contribution in [0.1, 0.15) is 6.92 Å². The topological polar surface area (TPSA) is 3.24 Å². The Balaban J connectivity index is 2.57. The largest absolute Gasteiger partial charge is 0.424 e. The highest BCUT2D eigenvalue weighted by Crippen LogP contribution is 2.28. The molecule has 1 nitrogen and oxygen atoms in total. The van der Waals surface area contributed by atoms with E-state index in [1.807, 2.05) is 0 Å². The Morgan fingerprint density at radius 2 is 1.35 bits per heavy atom. The van der Waals surface area contributed by atoms with Gasteiger partial charge in [0.15, 0.2) is 16.5 Å². The Bertz CT molecular complexity index is 518. The van der Waals surface area contributed by atoms with Crippen molar-refractivity contribution in [2.75, 3.05) is 0 Å². The molecule has 1 aliphatic heterocycles. The molecule has 110 valence electrons. The first kappa shape index (κ1) is 15.8. The van der Waals surface area contributed by atoms with Gasteiger partial charge in [-0.1, -0.05) is 49.1 Å². The fourth-order valence-electron chi connectivity index (χ4n) is 3.22. The van der Waals surface area contributed by atoms with Crippen LogP contribution in [0, 0.1) is 0 Å². The van der Waals surface area contributed by atoms with Gasteiger partial charge in [0.05, 0.1) is 8.07 Å². The highest BCUT2D eigenvalue weighted by molar-refractivity contribution is 7.10. The summed E-state index contributed by atoms with van der Waals surface area (Å²) in [5.74, 6) is 0. The van der Waals surface area contributed by atoms with Gasteiger partial charge in [0.2, 0.25) is 0 Å². The zero-order chi connectivity index (χ0) is 15.3. The summed E-state index contributed by atoms with van der Waals surface area (Å²) in [6, 6.07) is 9.20. The van der Waals surface area contributed by atoms with E-state index in [-0.39, 0.29) is 0 Å². The van der Waals surface area contributed by atoms with Gasteiger partial charge in [-0.3, -0.25) is 0 Å². The van der Waals surface area contributed by atoms with Crippen LogP contribution in [0.3, 0.4) is 0 Å². The van der Waals surface area contributed by atoms with Crippen molar-refractivity contribution in [3.8, 4) is 0 Å². The number of hydrogen-bond acceptors (Lipinski definition) is 1. The molecule has 1 aliphatic rings. The van der Waals surface area contributed by atoms with Crippen LogP contribution in [0.2, 0.25) is 45.8 Å². The first-order chi connectivity index (χ1) is 8.99. The van der Waals surface area contributed by atoms with Gasteiger partial charge in [0, 0.05) is 0 Å². The van der Waals surface area contributed by atoms with E-state index in [4.69, 9.17) is 0 Å². The molecule has 0 radical (unpaired) electrons. The van der Waals surface area contributed by atoms with Crippen molar-refractivity contribution >= 4 is 34.9 Å². The molecule has 0 N–H and O–H groups in total. The molecular formula is C16H29NSi3. The third-order valence-corrected chi connectivity index (χ3v) is 17.2. The van der Waals surface area contributed by atoms with E-state index >= 15 is 0 Å². The lowest BCUT2D eigenvalue weighted by atomic mass is 10.4. The molecule has 0 atom stereocenters. The Hall–Kier alpha value is -0.589. The highest BCUT2D eigenvalue weighted by atomic mass is 28.4. The molecule has 0 aromatic heterocycles. The smallest absolute Gasteiger partial charge is 0.173 e. The Morgan fingerprint density at radius 1 is 0.950 bits per heavy atom. The normalized spacial score (nSPS) is 21.0. The molecule has 4 heteroatoms. The van der Waals surface area contributed by atoms with Crippen LogP contribution in [0.5, 0.6) is 0 Å². The summed E-state index contributed by atoms with van der Waals surface area (Å²) in [5, 5.41) is 4.96. The number of nitrogens with zero attached hydrogens (tertiary/aromatic N) is 1. The molecule has 2 rings (SSSR count). The number of hydrogen-bond donors (Lipinski definition) is 0. The van der Waals surface area contributed by atoms with Gasteiger partial charge in [-0.2, -0.15) is 0 Å². The minimum atomic E-state index is -1.53. The van der Waals surface area contributed by atoms with E-state index in [0.29, 0.717) is 0 Å². The Labute approximate surface area is 127 Å². The minimum absolute atomic E-state index is 1.19. The summed E-state index contributed by atoms with van der Waals surface area (Å²) in [7, 11) is -4.25. The van der Waals surface area contributed by atoms with Crippen molar-refractivity contribution < 1.29 is 0 Å². The summed E-state index contributed by atoms with van der Waals surface area (Å²) in [4.78, 5) is 0. The molecule has 20 heavy (non-hydrogen) atoms. The molecule has 0 saturated carbocycles. The zero-order valence-corrected chi connectivity index (χ0v) is 17.3. The van der Waals surface area contributed by atoms with Crippen LogP contribution in [0.15, 0.2) is 35.7 Å². The van der Waals surface area contributed by atoms with Gasteiger partial charge < -0.3 is 4.23 Å². The lowest BCUT2D eigenvalue weighted by Gasteiger charge is -2.40. The van der Waals surface area contributed by atoms with E-state index in [2.05, 4.69) is 87.4 Å². The van der Waals surface area contributed by atoms with E-state index in [1.165, 1.54) is 0 Å². The van der Waals surface area contributed by atoms with E-state index in [1.54, 1.807) is 15.6 Å². The Kier molecular flexibility index (Phi) is 3.72. The van der Waals surface area contributed by atoms with E-state index < -0.39 is 24.5 Å². The van der Waals surface area contributed by atoms with Gasteiger partial charge in [0.25, 0.3) is 0 Å². The van der Waals surface area contributed by atoms with Crippen molar-refractivity contribution in [2.45, 2.75) is 52.8 Å². The van der Waals surface area contributed by atoms with Crippen molar-refractivity contribution in [3.05, 3.63) is 35.7 Å². The molecule has 0 bridgehead atoms. The lowest BCUT2D eigenvalue weighted by molar-refractivity contribution is 0.855. The minimum Gasteiger partial charge on any atom is -0.424 e. The van der Waals surface area contributed by atoms with Crippen LogP contribution in [-0.4, -0.2) is 28.8 Å². The molecule has 0 fully saturated rings. The second kappa shape index (κ2) is 4.71. The van der Waals surface area contributed by atoms with Crippen LogP contribution < -0.4 is 10.4 Å². The fourth-order valence-corrected chi connectivity index (χ4v) is 16.2. The second-order valence-corrected chi connectivity index (χ2v) is 22.1. The van der Waals surface area contributed by atoms with Crippen LogP contribution in [-0.2, 0) is 0 Å². The van der Waals surface area contributed by atoms with E-state index in [0.717, 1.165) is 0 Å². The number of fused-ring (bicyclic) bond motifs is 1. The highest BCUT2D eigenvalue weighted by Gasteiger charge is 2.50. The van der Waals surface area contributed by atoms with Crippen LogP contribution in [0.4, 0.5) is 0 Å². The number of benzene rings is 1. The maximum absolute atomic E-state index is 2.85. The SMILES string of the molecule is C/C(=C/N1[Si](C)(C)c2ccccc2[Si]1(C)C)[Si](C)(C)C. The average Bonchev–Trinajstić information content (AvgIpc) is 2.47. The number of allylic oxidation sites excluding steroid dienone is 1. The Morgan fingerprint density at radius 3 is 1.70 bits per heavy atom. The van der Waals surface area contributed by atoms with E-state index in [9.17, 15) is 0 Å². The van der Waals surface area contributed by atoms with Crippen LogP contribution in [0.25, 0.3) is 0 Å². The van der Waals surface area contributed by atoms with Crippen molar-refractivity contribution in [2.24, 2.45) is 0 Å². The summed E-state index contributed by atoms with van der Waals surface area (Å²) in [6.45, 7) is 19.8. The van der Waals surface area contributed by atoms with Gasteiger partial charge in [-0.05, 0) is 49.7 Å². The molecule has 0 aliphatic carbocycles. The van der Waals surface area contributed by atoms with Gasteiger partial charge >= 0.3 is 0 Å². The lowest BCUT2D eigenvalue weighted by Crippen LogP contribution is -2.57. The molecule has 0 spiro atoms. The molecular weight excluding hydrogens is 290 g/mol. The molecule has 0 unspecified atom stereocenters. The zero-order valence-electron chi connectivity index (χ0n) is 14.3. The average molecular weight is 320 g/mol. The molecule has 1 aromatic rings. The van der Waals surface area contributed by atoms with Crippen LogP contribution >= 0.6 is 0 Å². The third kappa shape index (κ3) is 2.38. The third-order valence-electron chi connectivity index (χ3n) is 4.96. The molecule has 0 saturated heterocycles. The molecule has 0 amide bonds. The number of rotatable bonds is 2. The first-order valence-corrected chi connectivity index (χ1v) is 17.0. The van der Waals surface area contributed by atoms with Gasteiger partial charge in [-0.15, -0.1) is 0 Å². The predicted molar refractivity (Wildman–Crippen MR) is 99.6 cm³/mol. The maximum Gasteiger partial charge on any atom is 0.173 e. The van der Waals surface area contributed by atoms with Crippen molar-refractivity contribution in [1.29, 1.82) is 0 Å². The summed E-state index contributed by atoms with van der Waals surface area (Å²) in [5.41, 5.74) is 0. The molecule has 1 heterocycles. The van der Waals surface area contributed by atoms with Crippen molar-refractivity contribution in [1.82, 2.24) is 4.23 Å². The predicted octanol–water partition coefficient (Wildman–Crippen LogP) is 3.61. The molecule has 1 aromatic carbocycles. The first-order valence-electron chi connectivity index (χ1n) is 7.57. The standard InChI is InChI=1S/C16H29NSi3/c1-14(18(2,3)4)13-17-19(5,6)15-11-9-10-12-16(15)20(17,7)8/h9-13H,1-8H3/b14-13-. The van der Waals surface area contributed by atoms with Crippen molar-refractivity contribution in [3.63, 3.8) is 0 Å². The summed E-state index contributed by atoms with van der Waals surface area (Å²) < 4.78 is 2.85.